The van der Waals surface area contributed by atoms with E-state index < -0.39 is 5.82 Å². The van der Waals surface area contributed by atoms with E-state index in [1.165, 1.54) is 6.07 Å². The van der Waals surface area contributed by atoms with E-state index in [0.717, 1.165) is 18.4 Å². The zero-order chi connectivity index (χ0) is 12.4. The van der Waals surface area contributed by atoms with E-state index in [4.69, 9.17) is 10.5 Å². The molecule has 1 aromatic rings. The Bertz CT molecular complexity index is 403. The van der Waals surface area contributed by atoms with E-state index in [9.17, 15) is 9.50 Å². The van der Waals surface area contributed by atoms with E-state index in [2.05, 4.69) is 0 Å². The van der Waals surface area contributed by atoms with Crippen molar-refractivity contribution in [2.24, 2.45) is 11.7 Å². The van der Waals surface area contributed by atoms with E-state index in [1.807, 2.05) is 0 Å². The largest absolute Gasteiger partial charge is 0.505 e. The van der Waals surface area contributed by atoms with Gasteiger partial charge in [0.15, 0.2) is 11.6 Å². The fourth-order valence-corrected chi connectivity index (χ4v) is 2.34. The highest BCUT2D eigenvalue weighted by molar-refractivity contribution is 5.39. The molecule has 1 atom stereocenters. The predicted molar refractivity (Wildman–Crippen MR) is 63.3 cm³/mol. The van der Waals surface area contributed by atoms with Gasteiger partial charge in [0, 0.05) is 24.8 Å². The lowest BCUT2D eigenvalue weighted by atomic mass is 9.87. The zero-order valence-corrected chi connectivity index (χ0v) is 9.95. The standard InChI is InChI=1S/C13H18FNO2/c1-8-6-10(13(16)11(14)7-8)12(15)9-2-4-17-5-3-9/h6-7,9,12,16H,2-5,15H2,1H3/t12-/m1/s1. The summed E-state index contributed by atoms with van der Waals surface area (Å²) in [5.41, 5.74) is 7.41. The Hall–Kier alpha value is -1.13. The molecule has 1 aromatic carbocycles. The van der Waals surface area contributed by atoms with Crippen molar-refractivity contribution in [1.82, 2.24) is 0 Å². The van der Waals surface area contributed by atoms with Crippen LogP contribution in [0.2, 0.25) is 0 Å². The average Bonchev–Trinajstić information content (AvgIpc) is 2.34. The lowest BCUT2D eigenvalue weighted by Gasteiger charge is -2.28. The normalized spacial score (nSPS) is 19.2. The van der Waals surface area contributed by atoms with Gasteiger partial charge in [-0.2, -0.15) is 0 Å². The molecule has 0 aliphatic carbocycles. The second-order valence-corrected chi connectivity index (χ2v) is 4.66. The summed E-state index contributed by atoms with van der Waals surface area (Å²) in [5, 5.41) is 9.74. The first kappa shape index (κ1) is 12.3. The summed E-state index contributed by atoms with van der Waals surface area (Å²) in [6.07, 6.45) is 1.71. The van der Waals surface area contributed by atoms with Crippen LogP contribution < -0.4 is 5.73 Å². The van der Waals surface area contributed by atoms with Crippen molar-refractivity contribution in [3.63, 3.8) is 0 Å². The molecule has 0 aromatic heterocycles. The SMILES string of the molecule is Cc1cc(F)c(O)c([C@H](N)C2CCOCC2)c1. The number of aryl methyl sites for hydroxylation is 1. The highest BCUT2D eigenvalue weighted by Gasteiger charge is 2.25. The summed E-state index contributed by atoms with van der Waals surface area (Å²) in [7, 11) is 0. The molecule has 94 valence electrons. The number of rotatable bonds is 2. The van der Waals surface area contributed by atoms with Crippen LogP contribution in [0.15, 0.2) is 12.1 Å². The van der Waals surface area contributed by atoms with E-state index >= 15 is 0 Å². The number of hydrogen-bond donors (Lipinski definition) is 2. The number of nitrogens with two attached hydrogens (primary N) is 1. The molecule has 1 aliphatic heterocycles. The maximum Gasteiger partial charge on any atom is 0.165 e. The van der Waals surface area contributed by atoms with Crippen molar-refractivity contribution in [3.05, 3.63) is 29.1 Å². The predicted octanol–water partition coefficient (Wildman–Crippen LogP) is 2.27. The molecule has 17 heavy (non-hydrogen) atoms. The second kappa shape index (κ2) is 5.02. The van der Waals surface area contributed by atoms with Gasteiger partial charge in [-0.3, -0.25) is 0 Å². The lowest BCUT2D eigenvalue weighted by molar-refractivity contribution is 0.0580. The summed E-state index contributed by atoms with van der Waals surface area (Å²) >= 11 is 0. The fourth-order valence-electron chi connectivity index (χ4n) is 2.34. The molecule has 0 spiro atoms. The van der Waals surface area contributed by atoms with Gasteiger partial charge in [0.25, 0.3) is 0 Å². The molecular formula is C13H18FNO2. The molecular weight excluding hydrogens is 221 g/mol. The van der Waals surface area contributed by atoms with E-state index in [0.29, 0.717) is 18.8 Å². The number of phenols is 1. The minimum absolute atomic E-state index is 0.246. The van der Waals surface area contributed by atoms with E-state index in [1.54, 1.807) is 13.0 Å². The van der Waals surface area contributed by atoms with Gasteiger partial charge in [-0.25, -0.2) is 4.39 Å². The maximum atomic E-state index is 13.4. The van der Waals surface area contributed by atoms with Crippen molar-refractivity contribution in [2.45, 2.75) is 25.8 Å². The zero-order valence-electron chi connectivity index (χ0n) is 9.95. The molecule has 2 rings (SSSR count). The number of halogens is 1. The third-order valence-corrected chi connectivity index (χ3v) is 3.37. The molecule has 0 saturated carbocycles. The summed E-state index contributed by atoms with van der Waals surface area (Å²) in [4.78, 5) is 0. The summed E-state index contributed by atoms with van der Waals surface area (Å²) in [5.74, 6) is -0.659. The summed E-state index contributed by atoms with van der Waals surface area (Å²) < 4.78 is 18.7. The van der Waals surface area contributed by atoms with Gasteiger partial charge in [0.2, 0.25) is 0 Å². The minimum Gasteiger partial charge on any atom is -0.505 e. The average molecular weight is 239 g/mol. The maximum absolute atomic E-state index is 13.4. The highest BCUT2D eigenvalue weighted by Crippen LogP contribution is 2.34. The van der Waals surface area contributed by atoms with Gasteiger partial charge in [0.1, 0.15) is 0 Å². The third-order valence-electron chi connectivity index (χ3n) is 3.37. The first-order valence-electron chi connectivity index (χ1n) is 5.92. The molecule has 1 heterocycles. The number of phenolic OH excluding ortho intramolecular Hbond substituents is 1. The Labute approximate surface area is 100 Å². The first-order valence-corrected chi connectivity index (χ1v) is 5.92. The van der Waals surface area contributed by atoms with Gasteiger partial charge in [-0.15, -0.1) is 0 Å². The second-order valence-electron chi connectivity index (χ2n) is 4.66. The Morgan fingerprint density at radius 3 is 2.71 bits per heavy atom. The summed E-state index contributed by atoms with van der Waals surface area (Å²) in [6.45, 7) is 3.17. The van der Waals surface area contributed by atoms with Crippen molar-refractivity contribution in [2.75, 3.05) is 13.2 Å². The Balaban J connectivity index is 2.26. The molecule has 0 radical (unpaired) electrons. The number of ether oxygens (including phenoxy) is 1. The van der Waals surface area contributed by atoms with Crippen LogP contribution in [0, 0.1) is 18.7 Å². The van der Waals surface area contributed by atoms with Crippen LogP contribution >= 0.6 is 0 Å². The topological polar surface area (TPSA) is 55.5 Å². The third kappa shape index (κ3) is 2.58. The number of aromatic hydroxyl groups is 1. The smallest absolute Gasteiger partial charge is 0.165 e. The van der Waals surface area contributed by atoms with Crippen LogP contribution in [0.3, 0.4) is 0 Å². The Morgan fingerprint density at radius 2 is 2.06 bits per heavy atom. The molecule has 1 fully saturated rings. The first-order chi connectivity index (χ1) is 8.09. The van der Waals surface area contributed by atoms with Crippen molar-refractivity contribution >= 4 is 0 Å². The van der Waals surface area contributed by atoms with E-state index in [-0.39, 0.29) is 17.7 Å². The van der Waals surface area contributed by atoms with Gasteiger partial charge in [-0.1, -0.05) is 6.07 Å². The summed E-state index contributed by atoms with van der Waals surface area (Å²) in [6, 6.07) is 2.75. The van der Waals surface area contributed by atoms with Gasteiger partial charge in [-0.05, 0) is 37.3 Å². The monoisotopic (exact) mass is 239 g/mol. The lowest BCUT2D eigenvalue weighted by Crippen LogP contribution is -2.27. The van der Waals surface area contributed by atoms with Crippen molar-refractivity contribution in [3.8, 4) is 5.75 Å². The molecule has 1 aliphatic rings. The molecule has 0 bridgehead atoms. The number of benzene rings is 1. The molecule has 3 nitrogen and oxygen atoms in total. The van der Waals surface area contributed by atoms with Crippen LogP contribution in [0.25, 0.3) is 0 Å². The molecule has 1 saturated heterocycles. The van der Waals surface area contributed by atoms with Crippen LogP contribution in [0.1, 0.15) is 30.0 Å². The fraction of sp³-hybridized carbons (Fsp3) is 0.538. The minimum atomic E-state index is -0.595. The molecule has 0 amide bonds. The Morgan fingerprint density at radius 1 is 1.41 bits per heavy atom. The highest BCUT2D eigenvalue weighted by atomic mass is 19.1. The quantitative estimate of drug-likeness (QED) is 0.832. The van der Waals surface area contributed by atoms with Gasteiger partial charge >= 0.3 is 0 Å². The van der Waals surface area contributed by atoms with Crippen LogP contribution in [-0.2, 0) is 4.74 Å². The van der Waals surface area contributed by atoms with Crippen LogP contribution in [-0.4, -0.2) is 18.3 Å². The van der Waals surface area contributed by atoms with Crippen LogP contribution in [0.4, 0.5) is 4.39 Å². The van der Waals surface area contributed by atoms with Crippen molar-refractivity contribution < 1.29 is 14.2 Å². The molecule has 0 unspecified atom stereocenters. The van der Waals surface area contributed by atoms with Crippen molar-refractivity contribution in [1.29, 1.82) is 0 Å². The molecule has 3 N–H and O–H groups in total. The van der Waals surface area contributed by atoms with Crippen LogP contribution in [0.5, 0.6) is 5.75 Å². The number of hydrogen-bond acceptors (Lipinski definition) is 3. The van der Waals surface area contributed by atoms with Gasteiger partial charge in [0.05, 0.1) is 0 Å². The Kier molecular flexibility index (Phi) is 3.64. The molecule has 4 heteroatoms. The van der Waals surface area contributed by atoms with Gasteiger partial charge < -0.3 is 15.6 Å².